The number of anilines is 1. The third kappa shape index (κ3) is 2.99. The Morgan fingerprint density at radius 2 is 1.96 bits per heavy atom. The molecule has 2 bridgehead atoms. The van der Waals surface area contributed by atoms with E-state index in [2.05, 4.69) is 9.80 Å². The van der Waals surface area contributed by atoms with Crippen LogP contribution in [-0.2, 0) is 4.79 Å². The van der Waals surface area contributed by atoms with E-state index in [1.165, 1.54) is 19.3 Å². The molecule has 2 unspecified atom stereocenters. The molecule has 28 heavy (non-hydrogen) atoms. The fraction of sp³-hybridized carbons (Fsp3) is 0.591. The summed E-state index contributed by atoms with van der Waals surface area (Å²) in [5.74, 6) is 2.90. The fourth-order valence-corrected chi connectivity index (χ4v) is 5.28. The van der Waals surface area contributed by atoms with Crippen LogP contribution in [0.5, 0.6) is 5.75 Å². The number of amides is 1. The molecule has 1 amide bonds. The molecule has 0 N–H and O–H groups in total. The van der Waals surface area contributed by atoms with Gasteiger partial charge in [0, 0.05) is 43.0 Å². The van der Waals surface area contributed by atoms with E-state index in [0.717, 1.165) is 66.7 Å². The van der Waals surface area contributed by atoms with Crippen molar-refractivity contribution in [2.24, 2.45) is 11.8 Å². The first-order valence-corrected chi connectivity index (χ1v) is 10.5. The molecule has 2 saturated heterocycles. The SMILES string of the molecule is COc1ccc2c(C)nc(N3CCC(C(=O)N4CC5CCC4C5)CC3)nc2c1. The van der Waals surface area contributed by atoms with Crippen molar-refractivity contribution in [2.45, 2.75) is 45.1 Å². The molecule has 6 heteroatoms. The number of aryl methyl sites for hydroxylation is 1. The monoisotopic (exact) mass is 380 g/mol. The highest BCUT2D eigenvalue weighted by Gasteiger charge is 2.42. The Morgan fingerprint density at radius 1 is 1.14 bits per heavy atom. The second-order valence-corrected chi connectivity index (χ2v) is 8.58. The minimum atomic E-state index is 0.164. The lowest BCUT2D eigenvalue weighted by Gasteiger charge is -2.36. The molecule has 3 heterocycles. The predicted molar refractivity (Wildman–Crippen MR) is 109 cm³/mol. The molecular weight excluding hydrogens is 352 g/mol. The lowest BCUT2D eigenvalue weighted by molar-refractivity contribution is -0.137. The van der Waals surface area contributed by atoms with Crippen LogP contribution in [0.25, 0.3) is 10.9 Å². The highest BCUT2D eigenvalue weighted by Crippen LogP contribution is 2.39. The number of benzene rings is 1. The van der Waals surface area contributed by atoms with Gasteiger partial charge in [-0.3, -0.25) is 4.79 Å². The van der Waals surface area contributed by atoms with E-state index in [1.807, 2.05) is 25.1 Å². The molecule has 3 aliphatic rings. The van der Waals surface area contributed by atoms with Gasteiger partial charge in [0.2, 0.25) is 11.9 Å². The minimum absolute atomic E-state index is 0.164. The van der Waals surface area contributed by atoms with Crippen LogP contribution in [0.1, 0.15) is 37.8 Å². The molecule has 1 saturated carbocycles. The van der Waals surface area contributed by atoms with Gasteiger partial charge >= 0.3 is 0 Å². The topological polar surface area (TPSA) is 58.6 Å². The van der Waals surface area contributed by atoms with Crippen molar-refractivity contribution in [1.82, 2.24) is 14.9 Å². The number of likely N-dealkylation sites (tertiary alicyclic amines) is 1. The van der Waals surface area contributed by atoms with Crippen LogP contribution in [0.2, 0.25) is 0 Å². The second-order valence-electron chi connectivity index (χ2n) is 8.58. The molecule has 2 aliphatic heterocycles. The van der Waals surface area contributed by atoms with Crippen LogP contribution < -0.4 is 9.64 Å². The number of piperidine rings is 2. The van der Waals surface area contributed by atoms with Gasteiger partial charge in [-0.15, -0.1) is 0 Å². The number of nitrogens with zero attached hydrogens (tertiary/aromatic N) is 4. The van der Waals surface area contributed by atoms with Crippen molar-refractivity contribution < 1.29 is 9.53 Å². The first-order valence-electron chi connectivity index (χ1n) is 10.5. The van der Waals surface area contributed by atoms with Crippen LogP contribution in [0.4, 0.5) is 5.95 Å². The summed E-state index contributed by atoms with van der Waals surface area (Å²) in [4.78, 5) is 26.9. The van der Waals surface area contributed by atoms with Crippen molar-refractivity contribution in [3.8, 4) is 5.75 Å². The van der Waals surface area contributed by atoms with Gasteiger partial charge in [-0.25, -0.2) is 9.97 Å². The fourth-order valence-electron chi connectivity index (χ4n) is 5.28. The van der Waals surface area contributed by atoms with Gasteiger partial charge in [0.15, 0.2) is 0 Å². The number of rotatable bonds is 3. The number of carbonyl (C=O) groups excluding carboxylic acids is 1. The van der Waals surface area contributed by atoms with Crippen molar-refractivity contribution in [3.63, 3.8) is 0 Å². The smallest absolute Gasteiger partial charge is 0.226 e. The van der Waals surface area contributed by atoms with Gasteiger partial charge in [-0.05, 0) is 57.1 Å². The summed E-state index contributed by atoms with van der Waals surface area (Å²) in [6.07, 6.45) is 5.55. The molecule has 148 valence electrons. The molecule has 6 nitrogen and oxygen atoms in total. The number of ether oxygens (including phenoxy) is 1. The highest BCUT2D eigenvalue weighted by atomic mass is 16.5. The molecule has 2 atom stereocenters. The molecule has 1 aromatic carbocycles. The van der Waals surface area contributed by atoms with Crippen LogP contribution in [0.3, 0.4) is 0 Å². The summed E-state index contributed by atoms with van der Waals surface area (Å²) in [6, 6.07) is 6.45. The first kappa shape index (κ1) is 17.7. The van der Waals surface area contributed by atoms with Crippen LogP contribution >= 0.6 is 0 Å². The maximum atomic E-state index is 13.0. The lowest BCUT2D eigenvalue weighted by atomic mass is 9.94. The average molecular weight is 380 g/mol. The Balaban J connectivity index is 1.29. The third-order valence-electron chi connectivity index (χ3n) is 6.90. The van der Waals surface area contributed by atoms with E-state index in [1.54, 1.807) is 7.11 Å². The summed E-state index contributed by atoms with van der Waals surface area (Å²) in [5, 5.41) is 1.05. The molecule has 2 aromatic rings. The third-order valence-corrected chi connectivity index (χ3v) is 6.90. The number of hydrogen-bond donors (Lipinski definition) is 0. The molecule has 1 aromatic heterocycles. The zero-order valence-electron chi connectivity index (χ0n) is 16.7. The Labute approximate surface area is 165 Å². The van der Waals surface area contributed by atoms with Gasteiger partial charge in [0.1, 0.15) is 5.75 Å². The van der Waals surface area contributed by atoms with Crippen LogP contribution in [0, 0.1) is 18.8 Å². The summed E-state index contributed by atoms with van der Waals surface area (Å²) in [5.41, 5.74) is 1.89. The maximum absolute atomic E-state index is 13.0. The van der Waals surface area contributed by atoms with Crippen molar-refractivity contribution in [1.29, 1.82) is 0 Å². The van der Waals surface area contributed by atoms with E-state index < -0.39 is 0 Å². The van der Waals surface area contributed by atoms with Gasteiger partial charge in [0.05, 0.1) is 18.3 Å². The first-order chi connectivity index (χ1) is 13.6. The van der Waals surface area contributed by atoms with E-state index >= 15 is 0 Å². The summed E-state index contributed by atoms with van der Waals surface area (Å²) < 4.78 is 5.34. The molecule has 0 radical (unpaired) electrons. The Kier molecular flexibility index (Phi) is 4.37. The quantitative estimate of drug-likeness (QED) is 0.819. The molecule has 0 spiro atoms. The summed E-state index contributed by atoms with van der Waals surface area (Å²) in [7, 11) is 1.67. The van der Waals surface area contributed by atoms with E-state index in [-0.39, 0.29) is 5.92 Å². The molecule has 1 aliphatic carbocycles. The van der Waals surface area contributed by atoms with Crippen molar-refractivity contribution in [2.75, 3.05) is 31.6 Å². The second kappa shape index (κ2) is 6.90. The van der Waals surface area contributed by atoms with Crippen LogP contribution in [-0.4, -0.2) is 53.6 Å². The normalized spacial score (nSPS) is 24.9. The van der Waals surface area contributed by atoms with Crippen molar-refractivity contribution in [3.05, 3.63) is 23.9 Å². The zero-order valence-corrected chi connectivity index (χ0v) is 16.7. The average Bonchev–Trinajstić information content (AvgIpc) is 3.36. The zero-order chi connectivity index (χ0) is 19.3. The van der Waals surface area contributed by atoms with Gasteiger partial charge in [-0.1, -0.05) is 0 Å². The summed E-state index contributed by atoms with van der Waals surface area (Å²) >= 11 is 0. The number of aromatic nitrogens is 2. The van der Waals surface area contributed by atoms with Gasteiger partial charge in [-0.2, -0.15) is 0 Å². The lowest BCUT2D eigenvalue weighted by Crippen LogP contribution is -2.45. The molecule has 5 rings (SSSR count). The van der Waals surface area contributed by atoms with Crippen molar-refractivity contribution >= 4 is 22.8 Å². The van der Waals surface area contributed by atoms with E-state index in [0.29, 0.717) is 11.9 Å². The number of carbonyl (C=O) groups is 1. The van der Waals surface area contributed by atoms with Crippen LogP contribution in [0.15, 0.2) is 18.2 Å². The molecule has 3 fully saturated rings. The largest absolute Gasteiger partial charge is 0.497 e. The minimum Gasteiger partial charge on any atom is -0.497 e. The number of methoxy groups -OCH3 is 1. The van der Waals surface area contributed by atoms with Gasteiger partial charge < -0.3 is 14.5 Å². The Bertz CT molecular complexity index is 907. The number of fused-ring (bicyclic) bond motifs is 3. The Morgan fingerprint density at radius 3 is 2.64 bits per heavy atom. The standard InChI is InChI=1S/C22H28N4O2/c1-14-19-6-5-18(28-2)12-20(19)24-22(23-14)25-9-7-16(8-10-25)21(27)26-13-15-3-4-17(26)11-15/h5-6,12,15-17H,3-4,7-11,13H2,1-2H3. The number of hydrogen-bond acceptors (Lipinski definition) is 5. The predicted octanol–water partition coefficient (Wildman–Crippen LogP) is 3.17. The van der Waals surface area contributed by atoms with Gasteiger partial charge in [0.25, 0.3) is 0 Å². The Hall–Kier alpha value is -2.37. The molecular formula is C22H28N4O2. The highest BCUT2D eigenvalue weighted by molar-refractivity contribution is 5.83. The summed E-state index contributed by atoms with van der Waals surface area (Å²) in [6.45, 7) is 4.71. The van der Waals surface area contributed by atoms with E-state index in [4.69, 9.17) is 14.7 Å². The van der Waals surface area contributed by atoms with E-state index in [9.17, 15) is 4.79 Å². The maximum Gasteiger partial charge on any atom is 0.226 e.